The molecule has 0 aromatic carbocycles. The summed E-state index contributed by atoms with van der Waals surface area (Å²) >= 11 is 0. The summed E-state index contributed by atoms with van der Waals surface area (Å²) in [6.45, 7) is 2.79. The number of ether oxygens (including phenoxy) is 1. The molecular weight excluding hydrogens is 336 g/mol. The highest BCUT2D eigenvalue weighted by Crippen LogP contribution is 2.13. The molecule has 0 aromatic heterocycles. The zero-order chi connectivity index (χ0) is 19.8. The van der Waals surface area contributed by atoms with Crippen molar-refractivity contribution >= 4 is 12.3 Å². The van der Waals surface area contributed by atoms with Crippen LogP contribution in [-0.4, -0.2) is 18.9 Å². The zero-order valence-corrected chi connectivity index (χ0v) is 18.2. The van der Waals surface area contributed by atoms with Crippen LogP contribution in [0.4, 0.5) is 0 Å². The molecule has 0 spiro atoms. The lowest BCUT2D eigenvalue weighted by Gasteiger charge is -2.05. The van der Waals surface area contributed by atoms with Crippen molar-refractivity contribution in [1.29, 1.82) is 0 Å². The van der Waals surface area contributed by atoms with Crippen molar-refractivity contribution in [2.75, 3.05) is 6.61 Å². The van der Waals surface area contributed by atoms with Crippen LogP contribution in [0, 0.1) is 0 Å². The maximum atomic E-state index is 11.6. The molecule has 3 heteroatoms. The Morgan fingerprint density at radius 1 is 0.630 bits per heavy atom. The van der Waals surface area contributed by atoms with Gasteiger partial charge in [-0.15, -0.1) is 0 Å². The van der Waals surface area contributed by atoms with Gasteiger partial charge in [0.25, 0.3) is 0 Å². The molecule has 3 nitrogen and oxygen atoms in total. The maximum Gasteiger partial charge on any atom is 0.305 e. The van der Waals surface area contributed by atoms with Gasteiger partial charge in [0.15, 0.2) is 0 Å². The third-order valence-corrected chi connectivity index (χ3v) is 5.21. The first-order valence-corrected chi connectivity index (χ1v) is 11.9. The molecule has 0 N–H and O–H groups in total. The molecule has 0 fully saturated rings. The highest BCUT2D eigenvalue weighted by Gasteiger charge is 2.02. The molecule has 0 aliphatic rings. The van der Waals surface area contributed by atoms with E-state index in [-0.39, 0.29) is 5.97 Å². The van der Waals surface area contributed by atoms with Crippen LogP contribution in [0.3, 0.4) is 0 Å². The molecule has 0 amide bonds. The van der Waals surface area contributed by atoms with Crippen LogP contribution < -0.4 is 0 Å². The van der Waals surface area contributed by atoms with Gasteiger partial charge in [0.1, 0.15) is 6.29 Å². The fourth-order valence-corrected chi connectivity index (χ4v) is 3.41. The minimum atomic E-state index is -0.0555. The second-order valence-electron chi connectivity index (χ2n) is 7.94. The summed E-state index contributed by atoms with van der Waals surface area (Å²) in [4.78, 5) is 21.8. The van der Waals surface area contributed by atoms with Crippen LogP contribution in [0.25, 0.3) is 0 Å². The quantitative estimate of drug-likeness (QED) is 0.110. The second-order valence-corrected chi connectivity index (χ2v) is 7.94. The van der Waals surface area contributed by atoms with Gasteiger partial charge in [-0.25, -0.2) is 0 Å². The minimum Gasteiger partial charge on any atom is -0.466 e. The number of hydrogen-bond donors (Lipinski definition) is 0. The molecule has 0 radical (unpaired) electrons. The summed E-state index contributed by atoms with van der Waals surface area (Å²) in [7, 11) is 0. The third-order valence-electron chi connectivity index (χ3n) is 5.21. The monoisotopic (exact) mass is 382 g/mol. The topological polar surface area (TPSA) is 43.4 Å². The first-order chi connectivity index (χ1) is 13.3. The van der Waals surface area contributed by atoms with E-state index >= 15 is 0 Å². The van der Waals surface area contributed by atoms with Gasteiger partial charge in [-0.1, -0.05) is 96.8 Å². The molecular formula is C24H46O3. The van der Waals surface area contributed by atoms with Crippen LogP contribution in [-0.2, 0) is 14.3 Å². The van der Waals surface area contributed by atoms with Gasteiger partial charge >= 0.3 is 5.97 Å². The van der Waals surface area contributed by atoms with Gasteiger partial charge in [-0.05, 0) is 25.7 Å². The Labute approximate surface area is 169 Å². The van der Waals surface area contributed by atoms with Gasteiger partial charge < -0.3 is 9.53 Å². The Morgan fingerprint density at radius 2 is 1.07 bits per heavy atom. The van der Waals surface area contributed by atoms with E-state index in [1.165, 1.54) is 83.5 Å². The highest BCUT2D eigenvalue weighted by atomic mass is 16.5. The Morgan fingerprint density at radius 3 is 1.56 bits per heavy atom. The fraction of sp³-hybridized carbons (Fsp3) is 0.917. The third kappa shape index (κ3) is 23.1. The molecule has 0 saturated carbocycles. The number of aldehydes is 1. The lowest BCUT2D eigenvalue weighted by atomic mass is 10.0. The standard InChI is InChI=1S/C24H46O3/c1-2-3-4-5-6-7-8-9-10-11-12-13-14-15-18-21-24(26)27-23-20-17-16-19-22-25/h22H,2-21,23H2,1H3. The lowest BCUT2D eigenvalue weighted by Crippen LogP contribution is -2.05. The van der Waals surface area contributed by atoms with E-state index in [9.17, 15) is 9.59 Å². The maximum absolute atomic E-state index is 11.6. The van der Waals surface area contributed by atoms with Gasteiger partial charge in [0.05, 0.1) is 6.61 Å². The molecule has 0 aromatic rings. The van der Waals surface area contributed by atoms with E-state index in [2.05, 4.69) is 6.92 Å². The van der Waals surface area contributed by atoms with Crippen molar-refractivity contribution in [3.63, 3.8) is 0 Å². The van der Waals surface area contributed by atoms with Crippen molar-refractivity contribution in [2.24, 2.45) is 0 Å². The summed E-state index contributed by atoms with van der Waals surface area (Å²) in [5.74, 6) is -0.0555. The molecule has 0 rings (SSSR count). The fourth-order valence-electron chi connectivity index (χ4n) is 3.41. The number of esters is 1. The Balaban J connectivity index is 3.11. The predicted octanol–water partition coefficient (Wildman–Crippen LogP) is 7.55. The van der Waals surface area contributed by atoms with Crippen LogP contribution >= 0.6 is 0 Å². The number of carbonyl (C=O) groups excluding carboxylic acids is 2. The summed E-state index contributed by atoms with van der Waals surface area (Å²) < 4.78 is 5.21. The summed E-state index contributed by atoms with van der Waals surface area (Å²) in [5.41, 5.74) is 0. The largest absolute Gasteiger partial charge is 0.466 e. The molecule has 0 aliphatic heterocycles. The SMILES string of the molecule is CCCCCCCCCCCCCCCCCC(=O)OCCCCCC=O. The van der Waals surface area contributed by atoms with Crippen LogP contribution in [0.2, 0.25) is 0 Å². The van der Waals surface area contributed by atoms with Gasteiger partial charge in [-0.2, -0.15) is 0 Å². The first kappa shape index (κ1) is 26.1. The van der Waals surface area contributed by atoms with Crippen molar-refractivity contribution in [3.8, 4) is 0 Å². The molecule has 27 heavy (non-hydrogen) atoms. The van der Waals surface area contributed by atoms with E-state index < -0.39 is 0 Å². The van der Waals surface area contributed by atoms with E-state index in [0.29, 0.717) is 19.4 Å². The van der Waals surface area contributed by atoms with Crippen molar-refractivity contribution < 1.29 is 14.3 Å². The molecule has 160 valence electrons. The first-order valence-electron chi connectivity index (χ1n) is 11.9. The number of carbonyl (C=O) groups is 2. The van der Waals surface area contributed by atoms with E-state index in [0.717, 1.165) is 38.4 Å². The molecule has 0 atom stereocenters. The summed E-state index contributed by atoms with van der Waals surface area (Å²) in [6, 6.07) is 0. The smallest absolute Gasteiger partial charge is 0.305 e. The second kappa shape index (κ2) is 23.2. The van der Waals surface area contributed by atoms with E-state index in [1.807, 2.05) is 0 Å². The molecule has 0 bridgehead atoms. The number of rotatable bonds is 22. The van der Waals surface area contributed by atoms with Crippen LogP contribution in [0.1, 0.15) is 135 Å². The summed E-state index contributed by atoms with van der Waals surface area (Å²) in [6.07, 6.45) is 25.0. The van der Waals surface area contributed by atoms with Crippen molar-refractivity contribution in [1.82, 2.24) is 0 Å². The van der Waals surface area contributed by atoms with E-state index in [1.54, 1.807) is 0 Å². The molecule has 0 aliphatic carbocycles. The Kier molecular flexibility index (Phi) is 22.4. The van der Waals surface area contributed by atoms with Gasteiger partial charge in [0.2, 0.25) is 0 Å². The predicted molar refractivity (Wildman–Crippen MR) is 115 cm³/mol. The Hall–Kier alpha value is -0.860. The average Bonchev–Trinajstić information content (AvgIpc) is 2.67. The lowest BCUT2D eigenvalue weighted by molar-refractivity contribution is -0.143. The van der Waals surface area contributed by atoms with Crippen LogP contribution in [0.5, 0.6) is 0 Å². The van der Waals surface area contributed by atoms with E-state index in [4.69, 9.17) is 4.74 Å². The van der Waals surface area contributed by atoms with Crippen molar-refractivity contribution in [2.45, 2.75) is 135 Å². The molecule has 0 unspecified atom stereocenters. The number of hydrogen-bond acceptors (Lipinski definition) is 3. The number of unbranched alkanes of at least 4 members (excludes halogenated alkanes) is 17. The zero-order valence-electron chi connectivity index (χ0n) is 18.2. The average molecular weight is 383 g/mol. The Bertz CT molecular complexity index is 315. The molecule has 0 saturated heterocycles. The van der Waals surface area contributed by atoms with Crippen molar-refractivity contribution in [3.05, 3.63) is 0 Å². The minimum absolute atomic E-state index is 0.0555. The van der Waals surface area contributed by atoms with Crippen LogP contribution in [0.15, 0.2) is 0 Å². The summed E-state index contributed by atoms with van der Waals surface area (Å²) in [5, 5.41) is 0. The molecule has 0 heterocycles. The van der Waals surface area contributed by atoms with Gasteiger partial charge in [-0.3, -0.25) is 4.79 Å². The van der Waals surface area contributed by atoms with Gasteiger partial charge in [0, 0.05) is 12.8 Å². The normalized spacial score (nSPS) is 10.9. The highest BCUT2D eigenvalue weighted by molar-refractivity contribution is 5.69.